The second-order valence-electron chi connectivity index (χ2n) is 5.86. The van der Waals surface area contributed by atoms with Crippen molar-refractivity contribution in [3.8, 4) is 0 Å². The van der Waals surface area contributed by atoms with E-state index in [9.17, 15) is 5.11 Å². The number of hydrogen-bond donors (Lipinski definition) is 2. The molecule has 0 radical (unpaired) electrons. The van der Waals surface area contributed by atoms with E-state index in [4.69, 9.17) is 5.73 Å². The third-order valence-corrected chi connectivity index (χ3v) is 5.05. The van der Waals surface area contributed by atoms with Gasteiger partial charge in [0, 0.05) is 12.0 Å². The molecule has 17 heavy (non-hydrogen) atoms. The summed E-state index contributed by atoms with van der Waals surface area (Å²) in [6.45, 7) is 2.70. The van der Waals surface area contributed by atoms with E-state index in [2.05, 4.69) is 25.1 Å². The van der Waals surface area contributed by atoms with Gasteiger partial charge >= 0.3 is 0 Å². The van der Waals surface area contributed by atoms with Crippen LogP contribution in [0.2, 0.25) is 0 Å². The van der Waals surface area contributed by atoms with Gasteiger partial charge in [0.05, 0.1) is 5.60 Å². The fraction of sp³-hybridized carbons (Fsp3) is 0.600. The SMILES string of the molecule is Cc1ccc2c(c1)C(O)(C1(CN)CCC1)CC2. The molecule has 2 aliphatic carbocycles. The molecular formula is C15H21NO. The Morgan fingerprint density at radius 1 is 1.29 bits per heavy atom. The van der Waals surface area contributed by atoms with Crippen LogP contribution >= 0.6 is 0 Å². The highest BCUT2D eigenvalue weighted by Gasteiger charge is 2.56. The maximum Gasteiger partial charge on any atom is 0.0970 e. The summed E-state index contributed by atoms with van der Waals surface area (Å²) in [5, 5.41) is 11.2. The van der Waals surface area contributed by atoms with Gasteiger partial charge in [0.2, 0.25) is 0 Å². The second-order valence-corrected chi connectivity index (χ2v) is 5.86. The van der Waals surface area contributed by atoms with E-state index >= 15 is 0 Å². The molecule has 0 amide bonds. The molecule has 1 unspecified atom stereocenters. The lowest BCUT2D eigenvalue weighted by Crippen LogP contribution is -2.53. The maximum absolute atomic E-state index is 11.2. The predicted octanol–water partition coefficient (Wildman–Crippen LogP) is 2.26. The van der Waals surface area contributed by atoms with Crippen LogP contribution in [0.3, 0.4) is 0 Å². The summed E-state index contributed by atoms with van der Waals surface area (Å²) in [5.74, 6) is 0. The van der Waals surface area contributed by atoms with Crippen molar-refractivity contribution in [1.29, 1.82) is 0 Å². The Bertz CT molecular complexity index is 445. The molecule has 0 spiro atoms. The molecule has 2 heteroatoms. The summed E-state index contributed by atoms with van der Waals surface area (Å²) in [6.07, 6.45) is 5.21. The number of nitrogens with two attached hydrogens (primary N) is 1. The fourth-order valence-electron chi connectivity index (χ4n) is 3.68. The van der Waals surface area contributed by atoms with Crippen LogP contribution in [-0.4, -0.2) is 11.7 Å². The number of rotatable bonds is 2. The van der Waals surface area contributed by atoms with Crippen molar-refractivity contribution in [3.63, 3.8) is 0 Å². The Kier molecular flexibility index (Phi) is 2.36. The highest BCUT2D eigenvalue weighted by atomic mass is 16.3. The lowest BCUT2D eigenvalue weighted by molar-refractivity contribution is -0.128. The monoisotopic (exact) mass is 231 g/mol. The Morgan fingerprint density at radius 3 is 2.65 bits per heavy atom. The minimum Gasteiger partial charge on any atom is -0.385 e. The van der Waals surface area contributed by atoms with Gasteiger partial charge in [-0.05, 0) is 43.7 Å². The van der Waals surface area contributed by atoms with Crippen molar-refractivity contribution < 1.29 is 5.11 Å². The molecule has 1 fully saturated rings. The molecule has 1 aromatic rings. The second kappa shape index (κ2) is 3.56. The van der Waals surface area contributed by atoms with Gasteiger partial charge in [0.25, 0.3) is 0 Å². The third-order valence-electron chi connectivity index (χ3n) is 5.05. The minimum absolute atomic E-state index is 0.0496. The normalized spacial score (nSPS) is 29.8. The zero-order valence-corrected chi connectivity index (χ0v) is 10.5. The first-order valence-corrected chi connectivity index (χ1v) is 6.64. The van der Waals surface area contributed by atoms with Crippen LogP contribution in [0.5, 0.6) is 0 Å². The smallest absolute Gasteiger partial charge is 0.0970 e. The summed E-state index contributed by atoms with van der Waals surface area (Å²) in [6, 6.07) is 6.48. The van der Waals surface area contributed by atoms with Crippen molar-refractivity contribution in [2.45, 2.75) is 44.6 Å². The van der Waals surface area contributed by atoms with Gasteiger partial charge in [-0.2, -0.15) is 0 Å². The Hall–Kier alpha value is -0.860. The van der Waals surface area contributed by atoms with E-state index in [1.54, 1.807) is 0 Å². The number of fused-ring (bicyclic) bond motifs is 1. The molecule has 0 aromatic heterocycles. The molecule has 92 valence electrons. The average Bonchev–Trinajstić information content (AvgIpc) is 2.57. The van der Waals surface area contributed by atoms with Crippen molar-refractivity contribution in [1.82, 2.24) is 0 Å². The van der Waals surface area contributed by atoms with Crippen LogP contribution in [0.25, 0.3) is 0 Å². The molecule has 0 heterocycles. The molecule has 1 atom stereocenters. The molecule has 3 N–H and O–H groups in total. The maximum atomic E-state index is 11.2. The minimum atomic E-state index is -0.665. The van der Waals surface area contributed by atoms with Crippen molar-refractivity contribution >= 4 is 0 Å². The van der Waals surface area contributed by atoms with E-state index in [0.29, 0.717) is 6.54 Å². The highest BCUT2D eigenvalue weighted by molar-refractivity contribution is 5.42. The standard InChI is InChI=1S/C15H21NO/c1-11-3-4-12-5-8-15(17,13(12)9-11)14(10-16)6-2-7-14/h3-4,9,17H,2,5-8,10,16H2,1H3. The van der Waals surface area contributed by atoms with Crippen LogP contribution in [0.1, 0.15) is 42.4 Å². The van der Waals surface area contributed by atoms with Crippen LogP contribution in [0.15, 0.2) is 18.2 Å². The first-order chi connectivity index (χ1) is 8.11. The number of benzene rings is 1. The number of aryl methyl sites for hydroxylation is 2. The molecule has 3 rings (SSSR count). The number of aliphatic hydroxyl groups is 1. The molecule has 1 saturated carbocycles. The Labute approximate surface area is 103 Å². The largest absolute Gasteiger partial charge is 0.385 e. The van der Waals surface area contributed by atoms with E-state index in [1.807, 2.05) is 0 Å². The van der Waals surface area contributed by atoms with E-state index < -0.39 is 5.60 Å². The first-order valence-electron chi connectivity index (χ1n) is 6.64. The van der Waals surface area contributed by atoms with Crippen molar-refractivity contribution in [2.75, 3.05) is 6.54 Å². The molecule has 2 aliphatic rings. The topological polar surface area (TPSA) is 46.2 Å². The van der Waals surface area contributed by atoms with E-state index in [0.717, 1.165) is 31.2 Å². The first kappa shape index (κ1) is 11.2. The van der Waals surface area contributed by atoms with Crippen molar-refractivity contribution in [2.24, 2.45) is 11.1 Å². The van der Waals surface area contributed by atoms with Crippen molar-refractivity contribution in [3.05, 3.63) is 34.9 Å². The molecule has 1 aromatic carbocycles. The fourth-order valence-corrected chi connectivity index (χ4v) is 3.68. The summed E-state index contributed by atoms with van der Waals surface area (Å²) in [5.41, 5.74) is 8.96. The molecule has 2 nitrogen and oxygen atoms in total. The molecule has 0 aliphatic heterocycles. The van der Waals surface area contributed by atoms with Crippen LogP contribution in [-0.2, 0) is 12.0 Å². The van der Waals surface area contributed by atoms with Gasteiger partial charge in [-0.3, -0.25) is 0 Å². The highest BCUT2D eigenvalue weighted by Crippen LogP contribution is 2.58. The van der Waals surface area contributed by atoms with Crippen LogP contribution in [0.4, 0.5) is 0 Å². The van der Waals surface area contributed by atoms with E-state index in [-0.39, 0.29) is 5.41 Å². The van der Waals surface area contributed by atoms with Gasteiger partial charge in [-0.15, -0.1) is 0 Å². The predicted molar refractivity (Wildman–Crippen MR) is 68.7 cm³/mol. The van der Waals surface area contributed by atoms with Gasteiger partial charge in [-0.1, -0.05) is 30.2 Å². The number of hydrogen-bond acceptors (Lipinski definition) is 2. The van der Waals surface area contributed by atoms with Crippen LogP contribution in [0, 0.1) is 12.3 Å². The molecule has 0 saturated heterocycles. The molecular weight excluding hydrogens is 210 g/mol. The Morgan fingerprint density at radius 2 is 2.06 bits per heavy atom. The van der Waals surface area contributed by atoms with Gasteiger partial charge in [-0.25, -0.2) is 0 Å². The van der Waals surface area contributed by atoms with Gasteiger partial charge < -0.3 is 10.8 Å². The van der Waals surface area contributed by atoms with Gasteiger partial charge in [0.1, 0.15) is 0 Å². The van der Waals surface area contributed by atoms with E-state index in [1.165, 1.54) is 17.5 Å². The average molecular weight is 231 g/mol. The lowest BCUT2D eigenvalue weighted by Gasteiger charge is -2.52. The summed E-state index contributed by atoms with van der Waals surface area (Å²) in [4.78, 5) is 0. The summed E-state index contributed by atoms with van der Waals surface area (Å²) >= 11 is 0. The zero-order valence-electron chi connectivity index (χ0n) is 10.5. The lowest BCUT2D eigenvalue weighted by atomic mass is 9.57. The Balaban J connectivity index is 2.09. The molecule has 0 bridgehead atoms. The summed E-state index contributed by atoms with van der Waals surface area (Å²) in [7, 11) is 0. The van der Waals surface area contributed by atoms with Gasteiger partial charge in [0.15, 0.2) is 0 Å². The van der Waals surface area contributed by atoms with Crippen LogP contribution < -0.4 is 5.73 Å². The quantitative estimate of drug-likeness (QED) is 0.820. The third kappa shape index (κ3) is 1.34. The summed E-state index contributed by atoms with van der Waals surface area (Å²) < 4.78 is 0. The zero-order chi connectivity index (χ0) is 12.1.